The summed E-state index contributed by atoms with van der Waals surface area (Å²) in [7, 11) is 0. The average Bonchev–Trinajstić information content (AvgIpc) is 3.99. The summed E-state index contributed by atoms with van der Waals surface area (Å²) in [5, 5.41) is 3.71. The molecule has 8 aromatic rings. The van der Waals surface area contributed by atoms with Crippen molar-refractivity contribution in [2.24, 2.45) is 0 Å². The molecule has 1 nitrogen and oxygen atoms in total. The van der Waals surface area contributed by atoms with Crippen LogP contribution in [0.2, 0.25) is 0 Å². The third kappa shape index (κ3) is 12.1. The summed E-state index contributed by atoms with van der Waals surface area (Å²) in [6, 6.07) is 70.0. The van der Waals surface area contributed by atoms with E-state index in [1.807, 2.05) is 0 Å². The van der Waals surface area contributed by atoms with Gasteiger partial charge >= 0.3 is 0 Å². The summed E-state index contributed by atoms with van der Waals surface area (Å²) in [5.74, 6) is 0. The molecule has 0 spiro atoms. The molecule has 0 bridgehead atoms. The Labute approximate surface area is 471 Å². The van der Waals surface area contributed by atoms with Crippen LogP contribution in [0.5, 0.6) is 0 Å². The number of anilines is 2. The molecule has 1 atom stereocenters. The molecule has 0 amide bonds. The van der Waals surface area contributed by atoms with Crippen molar-refractivity contribution >= 4 is 11.4 Å². The number of rotatable bonds is 29. The van der Waals surface area contributed by atoms with Crippen LogP contribution < -0.4 is 5.32 Å². The Morgan fingerprint density at radius 3 is 0.910 bits per heavy atom. The summed E-state index contributed by atoms with van der Waals surface area (Å²) in [5.41, 5.74) is 24.6. The highest BCUT2D eigenvalue weighted by Crippen LogP contribution is 2.57. The maximum atomic E-state index is 3.71. The molecule has 0 fully saturated rings. The van der Waals surface area contributed by atoms with Crippen LogP contribution in [-0.2, 0) is 10.8 Å². The minimum atomic E-state index is 0.0813. The molecule has 1 N–H and O–H groups in total. The lowest BCUT2D eigenvalue weighted by Gasteiger charge is -2.33. The summed E-state index contributed by atoms with van der Waals surface area (Å²) in [4.78, 5) is 0. The third-order valence-corrected chi connectivity index (χ3v) is 18.2. The molecule has 2 aliphatic rings. The zero-order valence-corrected chi connectivity index (χ0v) is 48.1. The van der Waals surface area contributed by atoms with Crippen LogP contribution in [0.1, 0.15) is 198 Å². The van der Waals surface area contributed by atoms with Gasteiger partial charge < -0.3 is 5.32 Å². The van der Waals surface area contributed by atoms with Crippen LogP contribution in [0.3, 0.4) is 0 Å². The van der Waals surface area contributed by atoms with Crippen molar-refractivity contribution in [3.63, 3.8) is 0 Å². The van der Waals surface area contributed by atoms with E-state index in [4.69, 9.17) is 0 Å². The zero-order chi connectivity index (χ0) is 53.6. The second-order valence-corrected chi connectivity index (χ2v) is 23.5. The van der Waals surface area contributed by atoms with Gasteiger partial charge in [0.25, 0.3) is 0 Å². The fraction of sp³-hybridized carbons (Fsp3) is 0.377. The summed E-state index contributed by atoms with van der Waals surface area (Å²) >= 11 is 0. The minimum absolute atomic E-state index is 0.0813. The van der Waals surface area contributed by atoms with Crippen molar-refractivity contribution in [3.05, 3.63) is 204 Å². The average molecular weight is 1030 g/mol. The molecule has 8 aromatic carbocycles. The van der Waals surface area contributed by atoms with E-state index in [-0.39, 0.29) is 10.8 Å². The number of unbranched alkanes of at least 4 members (excludes halogenated alkanes) is 15. The van der Waals surface area contributed by atoms with Gasteiger partial charge in [-0.3, -0.25) is 0 Å². The van der Waals surface area contributed by atoms with Gasteiger partial charge in [0.1, 0.15) is 0 Å². The van der Waals surface area contributed by atoms with Crippen molar-refractivity contribution in [3.8, 4) is 66.8 Å². The predicted octanol–water partition coefficient (Wildman–Crippen LogP) is 23.7. The molecule has 78 heavy (non-hydrogen) atoms. The first-order valence-electron chi connectivity index (χ1n) is 31.2. The smallest absolute Gasteiger partial charge is 0.0384 e. The van der Waals surface area contributed by atoms with E-state index >= 15 is 0 Å². The Morgan fingerprint density at radius 2 is 0.538 bits per heavy atom. The van der Waals surface area contributed by atoms with Gasteiger partial charge in [-0.05, 0) is 163 Å². The highest BCUT2D eigenvalue weighted by Gasteiger charge is 2.43. The number of fused-ring (bicyclic) bond motifs is 6. The van der Waals surface area contributed by atoms with Crippen molar-refractivity contribution in [1.29, 1.82) is 0 Å². The molecule has 0 radical (unpaired) electrons. The van der Waals surface area contributed by atoms with Crippen LogP contribution >= 0.6 is 0 Å². The predicted molar refractivity (Wildman–Crippen MR) is 339 cm³/mol. The van der Waals surface area contributed by atoms with Crippen molar-refractivity contribution < 1.29 is 0 Å². The summed E-state index contributed by atoms with van der Waals surface area (Å²) in [6.07, 6.45) is 29.9. The van der Waals surface area contributed by atoms with Gasteiger partial charge in [-0.15, -0.1) is 0 Å². The zero-order valence-electron chi connectivity index (χ0n) is 48.1. The van der Waals surface area contributed by atoms with Gasteiger partial charge in [0, 0.05) is 22.2 Å². The van der Waals surface area contributed by atoms with E-state index in [1.54, 1.807) is 22.3 Å². The van der Waals surface area contributed by atoms with Crippen LogP contribution in [0.15, 0.2) is 182 Å². The molecule has 0 saturated carbocycles. The molecule has 402 valence electrons. The molecular weight excluding hydrogens is 939 g/mol. The topological polar surface area (TPSA) is 12.0 Å². The highest BCUT2D eigenvalue weighted by atomic mass is 14.9. The molecule has 0 saturated heterocycles. The van der Waals surface area contributed by atoms with Gasteiger partial charge in [0.2, 0.25) is 0 Å². The number of nitrogens with one attached hydrogen (secondary N) is 1. The van der Waals surface area contributed by atoms with Crippen LogP contribution in [0.4, 0.5) is 11.4 Å². The Hall–Kier alpha value is -6.44. The molecule has 0 aliphatic heterocycles. The van der Waals surface area contributed by atoms with Gasteiger partial charge in [-0.25, -0.2) is 0 Å². The SMILES string of the molecule is CCCCCCCC1(CCCCCC)c2ccccc2-c2ccc(-c3cccc(-c4ccc(Nc5ccc(-c6cccc(-c7ccc8c(c7)C(CCCCCCC)(CCCCCCC)c7ccccc7-8)c6)cc5)cc4)c3)cc21. The Balaban J connectivity index is 0.841. The first kappa shape index (κ1) is 54.9. The Morgan fingerprint density at radius 1 is 0.244 bits per heavy atom. The largest absolute Gasteiger partial charge is 0.356 e. The molecule has 1 heteroatoms. The maximum absolute atomic E-state index is 3.71. The van der Waals surface area contributed by atoms with E-state index in [0.717, 1.165) is 11.4 Å². The Bertz CT molecular complexity index is 3170. The lowest BCUT2D eigenvalue weighted by Crippen LogP contribution is -2.25. The highest BCUT2D eigenvalue weighted by molar-refractivity contribution is 5.86. The first-order valence-corrected chi connectivity index (χ1v) is 31.2. The van der Waals surface area contributed by atoms with Gasteiger partial charge in [-0.2, -0.15) is 0 Å². The summed E-state index contributed by atoms with van der Waals surface area (Å²) < 4.78 is 0. The third-order valence-electron chi connectivity index (χ3n) is 18.2. The van der Waals surface area contributed by atoms with Gasteiger partial charge in [0.05, 0.1) is 0 Å². The molecular formula is C77H89N. The minimum Gasteiger partial charge on any atom is -0.356 e. The van der Waals surface area contributed by atoms with Crippen molar-refractivity contribution in [2.45, 2.75) is 186 Å². The molecule has 0 heterocycles. The molecule has 10 rings (SSSR count). The number of benzene rings is 8. The standard InChI is InChI=1S/C77H89N/c1-5-9-13-17-25-51-76(50-24-16-12-8-4)72-36-22-20-34-68(72)70-48-42-64(56-74(70)76)62-32-28-30-60(54-62)58-38-44-66(45-39-58)78-67-46-40-59(41-47-67)61-31-29-33-63(55-61)65-43-49-71-69-35-21-23-37-73(69)77(75(71)57-65,52-26-18-14-10-6-2)53-27-19-15-11-7-3/h20-23,28-49,54-57,78H,5-19,24-27,50-53H2,1-4H3. The van der Waals surface area contributed by atoms with E-state index in [1.165, 1.54) is 214 Å². The quantitative estimate of drug-likeness (QED) is 0.0461. The Kier molecular flexibility index (Phi) is 18.6. The van der Waals surface area contributed by atoms with E-state index in [0.29, 0.717) is 0 Å². The summed E-state index contributed by atoms with van der Waals surface area (Å²) in [6.45, 7) is 9.30. The normalized spacial score (nSPS) is 14.7. The van der Waals surface area contributed by atoms with E-state index < -0.39 is 0 Å². The molecule has 0 aromatic heterocycles. The fourth-order valence-corrected chi connectivity index (χ4v) is 14.0. The van der Waals surface area contributed by atoms with Crippen LogP contribution in [0, 0.1) is 0 Å². The molecule has 1 unspecified atom stereocenters. The number of hydrogen-bond acceptors (Lipinski definition) is 1. The second kappa shape index (κ2) is 26.5. The first-order chi connectivity index (χ1) is 38.5. The second-order valence-electron chi connectivity index (χ2n) is 23.5. The van der Waals surface area contributed by atoms with Gasteiger partial charge in [-0.1, -0.05) is 283 Å². The lowest BCUT2D eigenvalue weighted by atomic mass is 9.70. The monoisotopic (exact) mass is 1030 g/mol. The fourth-order valence-electron chi connectivity index (χ4n) is 14.0. The van der Waals surface area contributed by atoms with Gasteiger partial charge in [0.15, 0.2) is 0 Å². The van der Waals surface area contributed by atoms with E-state index in [9.17, 15) is 0 Å². The van der Waals surface area contributed by atoms with Crippen LogP contribution in [-0.4, -0.2) is 0 Å². The van der Waals surface area contributed by atoms with E-state index in [2.05, 4.69) is 215 Å². The van der Waals surface area contributed by atoms with Crippen LogP contribution in [0.25, 0.3) is 66.8 Å². The molecule has 2 aliphatic carbocycles. The number of hydrogen-bond donors (Lipinski definition) is 1. The van der Waals surface area contributed by atoms with Crippen molar-refractivity contribution in [1.82, 2.24) is 0 Å². The lowest BCUT2D eigenvalue weighted by molar-refractivity contribution is 0.399. The van der Waals surface area contributed by atoms with Crippen molar-refractivity contribution in [2.75, 3.05) is 5.32 Å². The maximum Gasteiger partial charge on any atom is 0.0384 e.